The van der Waals surface area contributed by atoms with Crippen LogP contribution in [0.15, 0.2) is 44.2 Å². The largest absolute Gasteiger partial charge is 0.426 e. The second-order valence-electron chi connectivity index (χ2n) is 3.81. The number of nitrogens with zero attached hydrogens (tertiary/aromatic N) is 2. The third kappa shape index (κ3) is 4.29. The van der Waals surface area contributed by atoms with E-state index in [9.17, 15) is 9.59 Å². The number of nitrogens with one attached hydrogen (secondary N) is 1. The number of aromatic nitrogens is 2. The lowest BCUT2D eigenvalue weighted by molar-refractivity contribution is 0.118. The molecule has 110 valence electrons. The van der Waals surface area contributed by atoms with E-state index in [1.807, 2.05) is 0 Å². The smallest absolute Gasteiger partial charge is 0.413 e. The van der Waals surface area contributed by atoms with Crippen molar-refractivity contribution in [3.63, 3.8) is 0 Å². The van der Waals surface area contributed by atoms with Crippen LogP contribution in [-0.2, 0) is 11.5 Å². The van der Waals surface area contributed by atoms with Crippen molar-refractivity contribution in [2.24, 2.45) is 0 Å². The summed E-state index contributed by atoms with van der Waals surface area (Å²) in [6, 6.07) is 6.61. The predicted octanol–water partition coefficient (Wildman–Crippen LogP) is 3.63. The van der Waals surface area contributed by atoms with Gasteiger partial charge >= 0.3 is 6.09 Å². The van der Waals surface area contributed by atoms with Crippen LogP contribution in [0.3, 0.4) is 0 Å². The molecule has 1 aromatic carbocycles. The quantitative estimate of drug-likeness (QED) is 0.796. The molecular formula is C12H8Br2ClN3O3. The normalized spacial score (nSPS) is 10.2. The SMILES string of the molecule is O=C(Nc1cccc(Cl)c1)OCn1ncc(Br)c(Br)c1=O. The van der Waals surface area contributed by atoms with Crippen molar-refractivity contribution in [3.05, 3.63) is 54.8 Å². The summed E-state index contributed by atoms with van der Waals surface area (Å²) in [5.74, 6) is 0. The molecule has 0 aliphatic rings. The fourth-order valence-electron chi connectivity index (χ4n) is 1.38. The molecule has 0 unspecified atom stereocenters. The van der Waals surface area contributed by atoms with Crippen LogP contribution in [-0.4, -0.2) is 15.9 Å². The average molecular weight is 437 g/mol. The fourth-order valence-corrected chi connectivity index (χ4v) is 2.14. The number of carbonyl (C=O) groups is 1. The van der Waals surface area contributed by atoms with Gasteiger partial charge in [0, 0.05) is 10.7 Å². The summed E-state index contributed by atoms with van der Waals surface area (Å²) in [5, 5.41) is 6.81. The van der Waals surface area contributed by atoms with Crippen LogP contribution < -0.4 is 10.9 Å². The Hall–Kier alpha value is -1.38. The third-order valence-corrected chi connectivity index (χ3v) is 4.47. The van der Waals surface area contributed by atoms with E-state index in [-0.39, 0.29) is 6.73 Å². The predicted molar refractivity (Wildman–Crippen MR) is 85.5 cm³/mol. The Morgan fingerprint density at radius 2 is 2.19 bits per heavy atom. The molecular weight excluding hydrogens is 429 g/mol. The molecule has 21 heavy (non-hydrogen) atoms. The Labute approximate surface area is 141 Å². The number of anilines is 1. The number of benzene rings is 1. The van der Waals surface area contributed by atoms with E-state index in [0.29, 0.717) is 19.7 Å². The maximum Gasteiger partial charge on any atom is 0.413 e. The Balaban J connectivity index is 1.99. The molecule has 0 bridgehead atoms. The molecule has 0 fully saturated rings. The Morgan fingerprint density at radius 3 is 2.90 bits per heavy atom. The Kier molecular flexibility index (Phi) is 5.38. The van der Waals surface area contributed by atoms with Gasteiger partial charge in [-0.2, -0.15) is 9.78 Å². The van der Waals surface area contributed by atoms with Gasteiger partial charge in [-0.15, -0.1) is 0 Å². The summed E-state index contributed by atoms with van der Waals surface area (Å²) < 4.78 is 6.75. The second kappa shape index (κ2) is 7.06. The number of hydrogen-bond donors (Lipinski definition) is 1. The first kappa shape index (κ1) is 16.0. The molecule has 0 radical (unpaired) electrons. The zero-order valence-electron chi connectivity index (χ0n) is 10.3. The van der Waals surface area contributed by atoms with Gasteiger partial charge in [-0.25, -0.2) is 4.79 Å². The fraction of sp³-hybridized carbons (Fsp3) is 0.0833. The Morgan fingerprint density at radius 1 is 1.43 bits per heavy atom. The molecule has 2 rings (SSSR count). The zero-order valence-corrected chi connectivity index (χ0v) is 14.3. The molecule has 0 aliphatic carbocycles. The van der Waals surface area contributed by atoms with E-state index in [4.69, 9.17) is 16.3 Å². The van der Waals surface area contributed by atoms with Crippen LogP contribution in [0, 0.1) is 0 Å². The minimum atomic E-state index is -0.718. The molecule has 1 N–H and O–H groups in total. The third-order valence-electron chi connectivity index (χ3n) is 2.33. The molecule has 0 aliphatic heterocycles. The van der Waals surface area contributed by atoms with Crippen LogP contribution >= 0.6 is 43.5 Å². The van der Waals surface area contributed by atoms with Gasteiger partial charge in [0.15, 0.2) is 6.73 Å². The molecule has 0 atom stereocenters. The number of rotatable bonds is 3. The highest BCUT2D eigenvalue weighted by Gasteiger charge is 2.09. The topological polar surface area (TPSA) is 73.2 Å². The van der Waals surface area contributed by atoms with Gasteiger partial charge in [-0.1, -0.05) is 17.7 Å². The second-order valence-corrected chi connectivity index (χ2v) is 5.89. The summed E-state index contributed by atoms with van der Waals surface area (Å²) in [4.78, 5) is 23.4. The molecule has 1 aromatic heterocycles. The van der Waals surface area contributed by atoms with Gasteiger partial charge < -0.3 is 4.74 Å². The highest BCUT2D eigenvalue weighted by Crippen LogP contribution is 2.17. The first-order chi connectivity index (χ1) is 9.97. The van der Waals surface area contributed by atoms with Crippen LogP contribution in [0.1, 0.15) is 0 Å². The van der Waals surface area contributed by atoms with Gasteiger partial charge in [0.05, 0.1) is 10.7 Å². The first-order valence-electron chi connectivity index (χ1n) is 5.58. The van der Waals surface area contributed by atoms with Crippen molar-refractivity contribution in [2.45, 2.75) is 6.73 Å². The lowest BCUT2D eigenvalue weighted by Crippen LogP contribution is -2.27. The highest BCUT2D eigenvalue weighted by atomic mass is 79.9. The molecule has 0 saturated heterocycles. The van der Waals surface area contributed by atoms with E-state index < -0.39 is 11.7 Å². The van der Waals surface area contributed by atoms with Crippen molar-refractivity contribution in [1.29, 1.82) is 0 Å². The van der Waals surface area contributed by atoms with Crippen molar-refractivity contribution in [3.8, 4) is 0 Å². The van der Waals surface area contributed by atoms with Crippen LogP contribution in [0.5, 0.6) is 0 Å². The minimum absolute atomic E-state index is 0.302. The molecule has 9 heteroatoms. The zero-order chi connectivity index (χ0) is 15.4. The van der Waals surface area contributed by atoms with Crippen molar-refractivity contribution >= 4 is 55.2 Å². The van der Waals surface area contributed by atoms with Gasteiger partial charge in [0.1, 0.15) is 4.47 Å². The monoisotopic (exact) mass is 435 g/mol. The summed E-state index contributed by atoms with van der Waals surface area (Å²) in [6.45, 7) is -0.308. The summed E-state index contributed by atoms with van der Waals surface area (Å²) in [5.41, 5.74) is 0.0738. The average Bonchev–Trinajstić information content (AvgIpc) is 2.44. The van der Waals surface area contributed by atoms with E-state index >= 15 is 0 Å². The van der Waals surface area contributed by atoms with Crippen LogP contribution in [0.25, 0.3) is 0 Å². The first-order valence-corrected chi connectivity index (χ1v) is 7.54. The van der Waals surface area contributed by atoms with Crippen LogP contribution in [0.2, 0.25) is 5.02 Å². The standard InChI is InChI=1S/C12H8Br2ClN3O3/c13-9-5-16-18(11(19)10(9)14)6-21-12(20)17-8-3-1-2-7(15)4-8/h1-5H,6H2,(H,17,20). The lowest BCUT2D eigenvalue weighted by Gasteiger charge is -2.08. The van der Waals surface area contributed by atoms with Crippen molar-refractivity contribution in [2.75, 3.05) is 5.32 Å². The van der Waals surface area contributed by atoms with Crippen molar-refractivity contribution < 1.29 is 9.53 Å². The lowest BCUT2D eigenvalue weighted by atomic mass is 10.3. The van der Waals surface area contributed by atoms with Crippen molar-refractivity contribution in [1.82, 2.24) is 9.78 Å². The maximum atomic E-state index is 11.8. The molecule has 1 heterocycles. The number of halogens is 3. The molecule has 2 aromatic rings. The van der Waals surface area contributed by atoms with Gasteiger partial charge in [-0.05, 0) is 50.1 Å². The number of amides is 1. The molecule has 0 spiro atoms. The van der Waals surface area contributed by atoms with E-state index in [1.165, 1.54) is 6.20 Å². The van der Waals surface area contributed by atoms with Gasteiger partial charge in [0.2, 0.25) is 0 Å². The molecule has 1 amide bonds. The molecule has 6 nitrogen and oxygen atoms in total. The number of ether oxygens (including phenoxy) is 1. The number of carbonyl (C=O) groups excluding carboxylic acids is 1. The minimum Gasteiger partial charge on any atom is -0.426 e. The summed E-state index contributed by atoms with van der Waals surface area (Å²) >= 11 is 12.1. The van der Waals surface area contributed by atoms with E-state index in [2.05, 4.69) is 42.3 Å². The summed E-state index contributed by atoms with van der Waals surface area (Å²) in [6.07, 6.45) is 0.703. The van der Waals surface area contributed by atoms with E-state index in [1.54, 1.807) is 24.3 Å². The highest BCUT2D eigenvalue weighted by molar-refractivity contribution is 9.13. The molecule has 0 saturated carbocycles. The Bertz CT molecular complexity index is 736. The van der Waals surface area contributed by atoms with E-state index in [0.717, 1.165) is 4.68 Å². The van der Waals surface area contributed by atoms with Gasteiger partial charge in [-0.3, -0.25) is 10.1 Å². The van der Waals surface area contributed by atoms with Crippen LogP contribution in [0.4, 0.5) is 10.5 Å². The maximum absolute atomic E-state index is 11.8. The summed E-state index contributed by atoms with van der Waals surface area (Å²) in [7, 11) is 0. The number of hydrogen-bond acceptors (Lipinski definition) is 4. The van der Waals surface area contributed by atoms with Gasteiger partial charge in [0.25, 0.3) is 5.56 Å².